The number of aliphatic hydroxyl groups is 2. The van der Waals surface area contributed by atoms with Crippen molar-refractivity contribution in [3.8, 4) is 5.75 Å². The Morgan fingerprint density at radius 3 is 2.71 bits per heavy atom. The van der Waals surface area contributed by atoms with E-state index in [0.29, 0.717) is 23.2 Å². The van der Waals surface area contributed by atoms with Gasteiger partial charge in [-0.25, -0.2) is 0 Å². The lowest BCUT2D eigenvalue weighted by Crippen LogP contribution is -2.12. The Bertz CT molecular complexity index is 497. The van der Waals surface area contributed by atoms with Crippen molar-refractivity contribution in [3.63, 3.8) is 0 Å². The maximum Gasteiger partial charge on any atom is 0.311 e. The van der Waals surface area contributed by atoms with E-state index >= 15 is 0 Å². The molecular weight excluding hydrogens is 270 g/mol. The predicted octanol–water partition coefficient (Wildman–Crippen LogP) is 2.42. The minimum atomic E-state index is -0.352. The van der Waals surface area contributed by atoms with Crippen LogP contribution in [0.15, 0.2) is 18.3 Å². The number of carbonyl (C=O) groups is 1. The number of nitrogens with zero attached hydrogens (tertiary/aromatic N) is 1. The predicted molar refractivity (Wildman–Crippen MR) is 79.7 cm³/mol. The van der Waals surface area contributed by atoms with Gasteiger partial charge in [-0.15, -0.1) is 0 Å². The molecular formula is C16H23NO4. The molecule has 0 aliphatic carbocycles. The highest BCUT2D eigenvalue weighted by molar-refractivity contribution is 5.73. The van der Waals surface area contributed by atoms with E-state index in [1.807, 2.05) is 6.08 Å². The number of hydrogen-bond donors (Lipinski definition) is 2. The smallest absolute Gasteiger partial charge is 0.311 e. The summed E-state index contributed by atoms with van der Waals surface area (Å²) < 4.78 is 5.32. The number of aromatic nitrogens is 1. The Hall–Kier alpha value is -1.72. The summed E-state index contributed by atoms with van der Waals surface area (Å²) in [4.78, 5) is 15.9. The largest absolute Gasteiger partial charge is 0.424 e. The van der Waals surface area contributed by atoms with Crippen LogP contribution in [0.5, 0.6) is 5.75 Å². The zero-order chi connectivity index (χ0) is 15.7. The molecule has 0 saturated carbocycles. The summed E-state index contributed by atoms with van der Waals surface area (Å²) in [6.07, 6.45) is 8.44. The second-order valence-corrected chi connectivity index (χ2v) is 4.74. The van der Waals surface area contributed by atoms with Crippen molar-refractivity contribution in [2.75, 3.05) is 0 Å². The molecule has 1 aromatic heterocycles. The number of pyridine rings is 1. The number of allylic oxidation sites excluding steroid dienone is 2. The van der Waals surface area contributed by atoms with Crippen LogP contribution in [-0.4, -0.2) is 21.2 Å². The van der Waals surface area contributed by atoms with Gasteiger partial charge in [0.2, 0.25) is 0 Å². The van der Waals surface area contributed by atoms with Gasteiger partial charge in [0.25, 0.3) is 0 Å². The highest BCUT2D eigenvalue weighted by Crippen LogP contribution is 2.26. The first-order chi connectivity index (χ1) is 10.1. The summed E-state index contributed by atoms with van der Waals surface area (Å²) in [5.41, 5.74) is 1.41. The van der Waals surface area contributed by atoms with Crippen molar-refractivity contribution in [2.24, 2.45) is 0 Å². The third-order valence-electron chi connectivity index (χ3n) is 3.10. The van der Waals surface area contributed by atoms with E-state index in [1.165, 1.54) is 6.20 Å². The second-order valence-electron chi connectivity index (χ2n) is 4.74. The summed E-state index contributed by atoms with van der Waals surface area (Å²) in [5, 5.41) is 18.6. The number of carbonyl (C=O) groups excluding carboxylic acids is 1. The molecule has 21 heavy (non-hydrogen) atoms. The highest BCUT2D eigenvalue weighted by Gasteiger charge is 2.16. The number of aliphatic hydroxyl groups excluding tert-OH is 2. The lowest BCUT2D eigenvalue weighted by molar-refractivity contribution is -0.134. The third kappa shape index (κ3) is 5.28. The van der Waals surface area contributed by atoms with Gasteiger partial charge >= 0.3 is 5.97 Å². The minimum Gasteiger partial charge on any atom is -0.424 e. The van der Waals surface area contributed by atoms with Crippen molar-refractivity contribution in [1.29, 1.82) is 0 Å². The molecule has 0 aliphatic heterocycles. The quantitative estimate of drug-likeness (QED) is 0.437. The number of ether oxygens (including phenoxy) is 1. The fraction of sp³-hybridized carbons (Fsp3) is 0.500. The van der Waals surface area contributed by atoms with Gasteiger partial charge in [0, 0.05) is 23.7 Å². The molecule has 0 aliphatic rings. The average molecular weight is 293 g/mol. The van der Waals surface area contributed by atoms with Crippen molar-refractivity contribution < 1.29 is 19.7 Å². The van der Waals surface area contributed by atoms with Gasteiger partial charge in [0.15, 0.2) is 5.75 Å². The molecule has 5 heteroatoms. The van der Waals surface area contributed by atoms with Gasteiger partial charge < -0.3 is 14.9 Å². The van der Waals surface area contributed by atoms with Gasteiger partial charge in [-0.3, -0.25) is 9.78 Å². The number of unbranched alkanes of at least 4 members (excludes halogenated alkanes) is 1. The molecule has 0 spiro atoms. The van der Waals surface area contributed by atoms with E-state index in [-0.39, 0.29) is 24.9 Å². The third-order valence-corrected chi connectivity index (χ3v) is 3.10. The van der Waals surface area contributed by atoms with Crippen LogP contribution in [0.2, 0.25) is 0 Å². The first kappa shape index (κ1) is 17.3. The van der Waals surface area contributed by atoms with Gasteiger partial charge in [-0.05, 0) is 26.2 Å². The van der Waals surface area contributed by atoms with Crippen molar-refractivity contribution in [3.05, 3.63) is 35.2 Å². The monoisotopic (exact) mass is 293 g/mol. The van der Waals surface area contributed by atoms with Crippen LogP contribution in [-0.2, 0) is 18.0 Å². The lowest BCUT2D eigenvalue weighted by atomic mass is 10.1. The zero-order valence-corrected chi connectivity index (χ0v) is 12.6. The Balaban J connectivity index is 2.69. The van der Waals surface area contributed by atoms with Gasteiger partial charge in [-0.2, -0.15) is 0 Å². The van der Waals surface area contributed by atoms with Gasteiger partial charge in [0.1, 0.15) is 0 Å². The molecule has 0 saturated heterocycles. The number of esters is 1. The van der Waals surface area contributed by atoms with E-state index < -0.39 is 0 Å². The maximum absolute atomic E-state index is 11.8. The molecule has 5 nitrogen and oxygen atoms in total. The van der Waals surface area contributed by atoms with Crippen molar-refractivity contribution in [2.45, 2.75) is 52.7 Å². The van der Waals surface area contributed by atoms with E-state index in [2.05, 4.69) is 18.0 Å². The van der Waals surface area contributed by atoms with E-state index in [4.69, 9.17) is 4.74 Å². The molecule has 0 radical (unpaired) electrons. The first-order valence-electron chi connectivity index (χ1n) is 7.18. The summed E-state index contributed by atoms with van der Waals surface area (Å²) in [5.74, 6) is -0.0901. The van der Waals surface area contributed by atoms with Gasteiger partial charge in [0.05, 0.1) is 18.9 Å². The average Bonchev–Trinajstić information content (AvgIpc) is 2.48. The summed E-state index contributed by atoms with van der Waals surface area (Å²) >= 11 is 0. The van der Waals surface area contributed by atoms with E-state index in [1.54, 1.807) is 6.92 Å². The molecule has 0 amide bonds. The molecule has 0 bridgehead atoms. The standard InChI is InChI=1S/C16H23NO4/c1-3-4-5-6-7-8-15(20)21-16-12(2)17-9-13(10-18)14(16)11-19/h4-5,9,18-19H,3,6-8,10-11H2,1-2H3. The fourth-order valence-corrected chi connectivity index (χ4v) is 1.93. The summed E-state index contributed by atoms with van der Waals surface area (Å²) in [7, 11) is 0. The molecule has 1 heterocycles. The topological polar surface area (TPSA) is 79.7 Å². The van der Waals surface area contributed by atoms with Crippen LogP contribution < -0.4 is 4.74 Å². The van der Waals surface area contributed by atoms with Crippen molar-refractivity contribution >= 4 is 5.97 Å². The molecule has 0 unspecified atom stereocenters. The number of hydrogen-bond acceptors (Lipinski definition) is 5. The van der Waals surface area contributed by atoms with Crippen molar-refractivity contribution in [1.82, 2.24) is 4.98 Å². The maximum atomic E-state index is 11.8. The lowest BCUT2D eigenvalue weighted by Gasteiger charge is -2.13. The Morgan fingerprint density at radius 1 is 1.33 bits per heavy atom. The zero-order valence-electron chi connectivity index (χ0n) is 12.6. The number of aryl methyl sites for hydroxylation is 1. The second kappa shape index (κ2) is 9.26. The summed E-state index contributed by atoms with van der Waals surface area (Å²) in [6.45, 7) is 3.20. The first-order valence-corrected chi connectivity index (χ1v) is 7.18. The highest BCUT2D eigenvalue weighted by atomic mass is 16.5. The van der Waals surface area contributed by atoms with Crippen LogP contribution in [0.3, 0.4) is 0 Å². The van der Waals surface area contributed by atoms with Crippen LogP contribution in [0, 0.1) is 6.92 Å². The molecule has 2 N–H and O–H groups in total. The Kier molecular flexibility index (Phi) is 7.64. The molecule has 116 valence electrons. The van der Waals surface area contributed by atoms with E-state index in [0.717, 1.165) is 19.3 Å². The molecule has 0 fully saturated rings. The van der Waals surface area contributed by atoms with E-state index in [9.17, 15) is 15.0 Å². The normalized spacial score (nSPS) is 11.0. The van der Waals surface area contributed by atoms with Crippen LogP contribution in [0.4, 0.5) is 0 Å². The molecule has 1 rings (SSSR count). The van der Waals surface area contributed by atoms with Crippen LogP contribution in [0.25, 0.3) is 0 Å². The molecule has 1 aromatic rings. The van der Waals surface area contributed by atoms with Crippen LogP contribution >= 0.6 is 0 Å². The molecule has 0 atom stereocenters. The SMILES string of the molecule is CCC=CCCCC(=O)Oc1c(C)ncc(CO)c1CO. The fourth-order valence-electron chi connectivity index (χ4n) is 1.93. The Labute approximate surface area is 125 Å². The minimum absolute atomic E-state index is 0.254. The molecule has 0 aromatic carbocycles. The summed E-state index contributed by atoms with van der Waals surface area (Å²) in [6, 6.07) is 0. The Morgan fingerprint density at radius 2 is 2.10 bits per heavy atom. The van der Waals surface area contributed by atoms with Gasteiger partial charge in [-0.1, -0.05) is 19.1 Å². The van der Waals surface area contributed by atoms with Crippen LogP contribution in [0.1, 0.15) is 49.4 Å². The number of rotatable bonds is 8.